The second kappa shape index (κ2) is 5.65. The van der Waals surface area contributed by atoms with Gasteiger partial charge in [-0.25, -0.2) is 17.2 Å². The van der Waals surface area contributed by atoms with E-state index in [1.165, 1.54) is 4.31 Å². The van der Waals surface area contributed by atoms with Crippen molar-refractivity contribution < 1.29 is 17.2 Å². The van der Waals surface area contributed by atoms with Gasteiger partial charge in [-0.05, 0) is 31.2 Å². The first kappa shape index (κ1) is 15.2. The number of nitrogens with two attached hydrogens (primary N) is 1. The van der Waals surface area contributed by atoms with Gasteiger partial charge in [0.25, 0.3) is 0 Å². The second-order valence-electron chi connectivity index (χ2n) is 5.11. The van der Waals surface area contributed by atoms with Crippen LogP contribution in [0.5, 0.6) is 0 Å². The molecule has 4 nitrogen and oxygen atoms in total. The summed E-state index contributed by atoms with van der Waals surface area (Å²) in [7, 11) is -3.98. The number of nitrogens with zero attached hydrogens (tertiary/aromatic N) is 1. The van der Waals surface area contributed by atoms with Crippen LogP contribution in [0.2, 0.25) is 0 Å². The van der Waals surface area contributed by atoms with Gasteiger partial charge < -0.3 is 5.73 Å². The summed E-state index contributed by atoms with van der Waals surface area (Å²) in [6.07, 6.45) is 2.61. The summed E-state index contributed by atoms with van der Waals surface area (Å²) in [4.78, 5) is -0.550. The van der Waals surface area contributed by atoms with Gasteiger partial charge in [-0.1, -0.05) is 6.92 Å². The molecule has 0 unspecified atom stereocenters. The summed E-state index contributed by atoms with van der Waals surface area (Å²) >= 11 is 0. The highest BCUT2D eigenvalue weighted by Crippen LogP contribution is 2.32. The van der Waals surface area contributed by atoms with Crippen LogP contribution < -0.4 is 5.73 Å². The Bertz CT molecular complexity index is 601. The number of benzene rings is 1. The average molecular weight is 304 g/mol. The Morgan fingerprint density at radius 2 is 1.95 bits per heavy atom. The van der Waals surface area contributed by atoms with Crippen molar-refractivity contribution in [1.29, 1.82) is 0 Å². The number of nitrogen functional groups attached to an aromatic ring is 1. The van der Waals surface area contributed by atoms with Gasteiger partial charge in [0.2, 0.25) is 10.0 Å². The molecular formula is C13H18F2N2O2S. The van der Waals surface area contributed by atoms with Crippen LogP contribution in [-0.2, 0) is 10.0 Å². The van der Waals surface area contributed by atoms with Crippen molar-refractivity contribution in [3.05, 3.63) is 23.8 Å². The molecule has 7 heteroatoms. The SMILES string of the molecule is CCCN(CC1CC1)S(=O)(=O)c1cc(N)c(F)cc1F. The summed E-state index contributed by atoms with van der Waals surface area (Å²) in [5, 5.41) is 0. The number of halogens is 2. The van der Waals surface area contributed by atoms with Gasteiger partial charge in [-0.15, -0.1) is 0 Å². The fraction of sp³-hybridized carbons (Fsp3) is 0.538. The van der Waals surface area contributed by atoms with E-state index in [9.17, 15) is 17.2 Å². The summed E-state index contributed by atoms with van der Waals surface area (Å²) in [5.74, 6) is -1.71. The van der Waals surface area contributed by atoms with Crippen LogP contribution in [0.1, 0.15) is 26.2 Å². The second-order valence-corrected chi connectivity index (χ2v) is 7.02. The maximum absolute atomic E-state index is 13.8. The van der Waals surface area contributed by atoms with Crippen molar-refractivity contribution in [2.75, 3.05) is 18.8 Å². The number of anilines is 1. The quantitative estimate of drug-likeness (QED) is 0.821. The zero-order chi connectivity index (χ0) is 14.9. The van der Waals surface area contributed by atoms with E-state index < -0.39 is 26.6 Å². The van der Waals surface area contributed by atoms with Crippen LogP contribution in [0.4, 0.5) is 14.5 Å². The summed E-state index contributed by atoms with van der Waals surface area (Å²) in [6, 6.07) is 1.37. The molecule has 0 spiro atoms. The van der Waals surface area contributed by atoms with E-state index in [1.807, 2.05) is 6.92 Å². The highest BCUT2D eigenvalue weighted by Gasteiger charge is 2.33. The molecule has 0 heterocycles. The highest BCUT2D eigenvalue weighted by molar-refractivity contribution is 7.89. The third-order valence-electron chi connectivity index (χ3n) is 3.30. The normalized spacial score (nSPS) is 15.8. The number of hydrogen-bond acceptors (Lipinski definition) is 3. The minimum Gasteiger partial charge on any atom is -0.396 e. The van der Waals surface area contributed by atoms with Crippen molar-refractivity contribution in [1.82, 2.24) is 4.31 Å². The topological polar surface area (TPSA) is 63.4 Å². The molecule has 1 fully saturated rings. The Kier molecular flexibility index (Phi) is 4.29. The molecule has 0 radical (unpaired) electrons. The zero-order valence-corrected chi connectivity index (χ0v) is 12.1. The van der Waals surface area contributed by atoms with E-state index in [2.05, 4.69) is 0 Å². The molecule has 0 atom stereocenters. The van der Waals surface area contributed by atoms with E-state index >= 15 is 0 Å². The molecule has 0 amide bonds. The largest absolute Gasteiger partial charge is 0.396 e. The summed E-state index contributed by atoms with van der Waals surface area (Å²) < 4.78 is 53.1. The predicted octanol–water partition coefficient (Wildman–Crippen LogP) is 2.36. The van der Waals surface area contributed by atoms with Gasteiger partial charge in [0, 0.05) is 19.2 Å². The lowest BCUT2D eigenvalue weighted by Gasteiger charge is -2.22. The molecular weight excluding hydrogens is 286 g/mol. The molecule has 1 aliphatic rings. The first-order chi connectivity index (χ1) is 9.36. The standard InChI is InChI=1S/C13H18F2N2O2S/c1-2-5-17(8-9-3-4-9)20(18,19)13-7-12(16)10(14)6-11(13)15/h6-7,9H,2-5,8,16H2,1H3. The van der Waals surface area contributed by atoms with Gasteiger partial charge in [-0.3, -0.25) is 0 Å². The lowest BCUT2D eigenvalue weighted by atomic mass is 10.3. The highest BCUT2D eigenvalue weighted by atomic mass is 32.2. The fourth-order valence-electron chi connectivity index (χ4n) is 2.03. The Balaban J connectivity index is 2.38. The van der Waals surface area contributed by atoms with Crippen LogP contribution in [0.25, 0.3) is 0 Å². The molecule has 0 bridgehead atoms. The van der Waals surface area contributed by atoms with Crippen LogP contribution in [0.3, 0.4) is 0 Å². The number of sulfonamides is 1. The smallest absolute Gasteiger partial charge is 0.246 e. The lowest BCUT2D eigenvalue weighted by molar-refractivity contribution is 0.392. The molecule has 2 rings (SSSR count). The maximum Gasteiger partial charge on any atom is 0.246 e. The first-order valence-electron chi connectivity index (χ1n) is 6.61. The first-order valence-corrected chi connectivity index (χ1v) is 8.05. The van der Waals surface area contributed by atoms with Crippen LogP contribution in [0, 0.1) is 17.6 Å². The van der Waals surface area contributed by atoms with Gasteiger partial charge in [0.1, 0.15) is 16.5 Å². The summed E-state index contributed by atoms with van der Waals surface area (Å²) in [6.45, 7) is 2.55. The van der Waals surface area contributed by atoms with Crippen molar-refractivity contribution >= 4 is 15.7 Å². The Morgan fingerprint density at radius 1 is 1.30 bits per heavy atom. The molecule has 20 heavy (non-hydrogen) atoms. The van der Waals surface area contributed by atoms with Crippen molar-refractivity contribution in [2.24, 2.45) is 5.92 Å². The lowest BCUT2D eigenvalue weighted by Crippen LogP contribution is -2.34. The van der Waals surface area contributed by atoms with Crippen LogP contribution in [-0.4, -0.2) is 25.8 Å². The molecule has 1 aromatic carbocycles. The van der Waals surface area contributed by atoms with Crippen LogP contribution in [0.15, 0.2) is 17.0 Å². The molecule has 1 aromatic rings. The molecule has 1 saturated carbocycles. The predicted molar refractivity (Wildman–Crippen MR) is 72.5 cm³/mol. The van der Waals surface area contributed by atoms with Crippen molar-refractivity contribution in [2.45, 2.75) is 31.1 Å². The molecule has 0 aliphatic heterocycles. The monoisotopic (exact) mass is 304 g/mol. The van der Waals surface area contributed by atoms with Gasteiger partial charge in [0.15, 0.2) is 0 Å². The van der Waals surface area contributed by atoms with E-state index in [4.69, 9.17) is 5.73 Å². The summed E-state index contributed by atoms with van der Waals surface area (Å²) in [5.41, 5.74) is 4.98. The van der Waals surface area contributed by atoms with E-state index in [-0.39, 0.29) is 5.69 Å². The molecule has 2 N–H and O–H groups in total. The van der Waals surface area contributed by atoms with Crippen molar-refractivity contribution in [3.8, 4) is 0 Å². The molecule has 112 valence electrons. The minimum absolute atomic E-state index is 0.315. The van der Waals surface area contributed by atoms with Gasteiger partial charge >= 0.3 is 0 Å². The maximum atomic E-state index is 13.8. The third kappa shape index (κ3) is 3.09. The van der Waals surface area contributed by atoms with E-state index in [0.717, 1.165) is 18.9 Å². The zero-order valence-electron chi connectivity index (χ0n) is 11.3. The Labute approximate surface area is 117 Å². The van der Waals surface area contributed by atoms with E-state index in [1.54, 1.807) is 0 Å². The molecule has 1 aliphatic carbocycles. The van der Waals surface area contributed by atoms with Crippen molar-refractivity contribution in [3.63, 3.8) is 0 Å². The van der Waals surface area contributed by atoms with Gasteiger partial charge in [-0.2, -0.15) is 4.31 Å². The minimum atomic E-state index is -3.98. The number of hydrogen-bond donors (Lipinski definition) is 1. The van der Waals surface area contributed by atoms with E-state index in [0.29, 0.717) is 31.5 Å². The van der Waals surface area contributed by atoms with Gasteiger partial charge in [0.05, 0.1) is 5.69 Å². The fourth-order valence-corrected chi connectivity index (χ4v) is 3.72. The molecule has 0 aromatic heterocycles. The number of rotatable bonds is 6. The average Bonchev–Trinajstić information content (AvgIpc) is 3.17. The third-order valence-corrected chi connectivity index (χ3v) is 5.18. The van der Waals surface area contributed by atoms with Crippen LogP contribution >= 0.6 is 0 Å². The Hall–Kier alpha value is -1.21. The Morgan fingerprint density at radius 3 is 2.50 bits per heavy atom. The molecule has 0 saturated heterocycles.